The third-order valence-electron chi connectivity index (χ3n) is 5.11. The number of unbranched alkanes of at least 4 members (excludes halogenated alkanes) is 10. The maximum absolute atomic E-state index is 11.6. The van der Waals surface area contributed by atoms with Crippen LogP contribution in [0.15, 0.2) is 0 Å². The highest BCUT2D eigenvalue weighted by molar-refractivity contribution is 5.69. The largest absolute Gasteiger partial charge is 0.465 e. The smallest absolute Gasteiger partial charge is 0.305 e. The van der Waals surface area contributed by atoms with E-state index in [2.05, 4.69) is 6.92 Å². The maximum Gasteiger partial charge on any atom is 0.305 e. The summed E-state index contributed by atoms with van der Waals surface area (Å²) in [6.45, 7) is 6.30. The number of ether oxygens (including phenoxy) is 1. The van der Waals surface area contributed by atoms with Gasteiger partial charge in [0, 0.05) is 11.8 Å². The average molecular weight is 387 g/mol. The summed E-state index contributed by atoms with van der Waals surface area (Å²) in [5.74, 6) is -0.158. The molecule has 4 heteroatoms. The highest BCUT2D eigenvalue weighted by atomic mass is 16.5. The van der Waals surface area contributed by atoms with Crippen LogP contribution in [0.4, 0.5) is 0 Å². The predicted octanol–water partition coefficient (Wildman–Crippen LogP) is 5.78. The number of carbonyl (C=O) groups excluding carboxylic acids is 1. The summed E-state index contributed by atoms with van der Waals surface area (Å²) in [5.41, 5.74) is -0.352. The van der Waals surface area contributed by atoms with E-state index in [1.54, 1.807) is 0 Å². The minimum Gasteiger partial charge on any atom is -0.465 e. The molecule has 0 amide bonds. The van der Waals surface area contributed by atoms with Crippen LogP contribution < -0.4 is 0 Å². The Bertz CT molecular complexity index is 341. The standard InChI is InChI=1S/C23H46O4/c1-4-5-6-7-10-13-16-21(25)17-14-11-8-9-12-15-18-22(26)27-20-23(2,3)19-24/h21,24-25H,4-20H2,1-3H3. The monoisotopic (exact) mass is 386 g/mol. The van der Waals surface area contributed by atoms with Gasteiger partial charge in [0.1, 0.15) is 0 Å². The molecule has 0 radical (unpaired) electrons. The fraction of sp³-hybridized carbons (Fsp3) is 0.957. The van der Waals surface area contributed by atoms with Crippen molar-refractivity contribution in [1.82, 2.24) is 0 Å². The van der Waals surface area contributed by atoms with Crippen molar-refractivity contribution in [3.05, 3.63) is 0 Å². The normalized spacial score (nSPS) is 12.9. The van der Waals surface area contributed by atoms with Crippen molar-refractivity contribution in [3.8, 4) is 0 Å². The Hall–Kier alpha value is -0.610. The van der Waals surface area contributed by atoms with Crippen molar-refractivity contribution in [2.75, 3.05) is 13.2 Å². The zero-order valence-electron chi connectivity index (χ0n) is 18.3. The number of esters is 1. The van der Waals surface area contributed by atoms with E-state index in [9.17, 15) is 9.90 Å². The molecule has 0 spiro atoms. The van der Waals surface area contributed by atoms with E-state index < -0.39 is 0 Å². The molecule has 2 N–H and O–H groups in total. The molecule has 0 saturated heterocycles. The van der Waals surface area contributed by atoms with Crippen LogP contribution in [-0.2, 0) is 9.53 Å². The molecule has 0 bridgehead atoms. The molecule has 0 saturated carbocycles. The molecule has 0 aliphatic rings. The molecule has 4 nitrogen and oxygen atoms in total. The molecule has 0 fully saturated rings. The lowest BCUT2D eigenvalue weighted by Crippen LogP contribution is -2.25. The van der Waals surface area contributed by atoms with Crippen molar-refractivity contribution < 1.29 is 19.7 Å². The third-order valence-corrected chi connectivity index (χ3v) is 5.11. The Morgan fingerprint density at radius 1 is 0.852 bits per heavy atom. The molecule has 162 valence electrons. The number of aliphatic hydroxyl groups is 2. The molecular formula is C23H46O4. The van der Waals surface area contributed by atoms with Crippen LogP contribution >= 0.6 is 0 Å². The summed E-state index contributed by atoms with van der Waals surface area (Å²) in [6.07, 6.45) is 16.5. The summed E-state index contributed by atoms with van der Waals surface area (Å²) < 4.78 is 5.20. The van der Waals surface area contributed by atoms with Crippen LogP contribution in [0.1, 0.15) is 117 Å². The summed E-state index contributed by atoms with van der Waals surface area (Å²) in [4.78, 5) is 11.6. The second-order valence-corrected chi connectivity index (χ2v) is 8.85. The molecule has 0 rings (SSSR count). The molecule has 0 aliphatic heterocycles. The lowest BCUT2D eigenvalue weighted by atomic mass is 9.96. The number of carbonyl (C=O) groups is 1. The van der Waals surface area contributed by atoms with Gasteiger partial charge in [0.2, 0.25) is 0 Å². The third kappa shape index (κ3) is 18.5. The first kappa shape index (κ1) is 26.4. The van der Waals surface area contributed by atoms with Gasteiger partial charge in [-0.15, -0.1) is 0 Å². The van der Waals surface area contributed by atoms with Crippen LogP contribution in [0.25, 0.3) is 0 Å². The van der Waals surface area contributed by atoms with Crippen molar-refractivity contribution in [3.63, 3.8) is 0 Å². The Morgan fingerprint density at radius 2 is 1.33 bits per heavy atom. The Balaban J connectivity index is 3.35. The van der Waals surface area contributed by atoms with Crippen molar-refractivity contribution in [2.45, 2.75) is 123 Å². The second-order valence-electron chi connectivity index (χ2n) is 8.85. The molecule has 0 aliphatic carbocycles. The van der Waals surface area contributed by atoms with Crippen molar-refractivity contribution in [1.29, 1.82) is 0 Å². The summed E-state index contributed by atoms with van der Waals surface area (Å²) in [5, 5.41) is 19.1. The summed E-state index contributed by atoms with van der Waals surface area (Å²) in [7, 11) is 0. The topological polar surface area (TPSA) is 66.8 Å². The van der Waals surface area contributed by atoms with Crippen LogP contribution in [0.2, 0.25) is 0 Å². The second kappa shape index (κ2) is 17.5. The van der Waals surface area contributed by atoms with E-state index in [4.69, 9.17) is 9.84 Å². The SMILES string of the molecule is CCCCCCCCC(O)CCCCCCCCC(=O)OCC(C)(C)CO. The molecule has 0 aromatic carbocycles. The highest BCUT2D eigenvalue weighted by Gasteiger charge is 2.18. The van der Waals surface area contributed by atoms with Gasteiger partial charge in [-0.05, 0) is 19.3 Å². The van der Waals surface area contributed by atoms with Crippen LogP contribution in [0.5, 0.6) is 0 Å². The molecule has 0 heterocycles. The first-order valence-electron chi connectivity index (χ1n) is 11.4. The Morgan fingerprint density at radius 3 is 1.85 bits per heavy atom. The predicted molar refractivity (Wildman–Crippen MR) is 113 cm³/mol. The number of aliphatic hydroxyl groups excluding tert-OH is 2. The van der Waals surface area contributed by atoms with E-state index >= 15 is 0 Å². The number of hydrogen-bond donors (Lipinski definition) is 2. The first-order valence-corrected chi connectivity index (χ1v) is 11.4. The lowest BCUT2D eigenvalue weighted by Gasteiger charge is -2.20. The lowest BCUT2D eigenvalue weighted by molar-refractivity contribution is -0.147. The maximum atomic E-state index is 11.6. The Kier molecular flexibility index (Phi) is 17.1. The van der Waals surface area contributed by atoms with Gasteiger partial charge >= 0.3 is 5.97 Å². The fourth-order valence-electron chi connectivity index (χ4n) is 3.05. The van der Waals surface area contributed by atoms with Crippen LogP contribution in [0, 0.1) is 5.41 Å². The zero-order valence-corrected chi connectivity index (χ0v) is 18.3. The van der Waals surface area contributed by atoms with Gasteiger partial charge < -0.3 is 14.9 Å². The van der Waals surface area contributed by atoms with Gasteiger partial charge in [0.25, 0.3) is 0 Å². The molecule has 0 aromatic rings. The average Bonchev–Trinajstić information content (AvgIpc) is 2.65. The van der Waals surface area contributed by atoms with Crippen LogP contribution in [0.3, 0.4) is 0 Å². The van der Waals surface area contributed by atoms with E-state index in [0.29, 0.717) is 6.42 Å². The molecule has 1 atom stereocenters. The van der Waals surface area contributed by atoms with Crippen molar-refractivity contribution >= 4 is 5.97 Å². The highest BCUT2D eigenvalue weighted by Crippen LogP contribution is 2.16. The number of hydrogen-bond acceptors (Lipinski definition) is 4. The minimum atomic E-state index is -0.352. The van der Waals surface area contributed by atoms with Gasteiger partial charge in [0.15, 0.2) is 0 Å². The van der Waals surface area contributed by atoms with E-state index in [-0.39, 0.29) is 30.7 Å². The number of rotatable bonds is 19. The molecule has 27 heavy (non-hydrogen) atoms. The zero-order chi connectivity index (χ0) is 20.4. The van der Waals surface area contributed by atoms with Crippen LogP contribution in [-0.4, -0.2) is 35.5 Å². The fourth-order valence-corrected chi connectivity index (χ4v) is 3.05. The van der Waals surface area contributed by atoms with Gasteiger partial charge in [-0.2, -0.15) is 0 Å². The first-order chi connectivity index (χ1) is 12.9. The Labute approximate surface area is 168 Å². The summed E-state index contributed by atoms with van der Waals surface area (Å²) in [6, 6.07) is 0. The molecule has 0 aromatic heterocycles. The van der Waals surface area contributed by atoms with Crippen molar-refractivity contribution in [2.24, 2.45) is 5.41 Å². The van der Waals surface area contributed by atoms with Gasteiger partial charge in [-0.1, -0.05) is 91.4 Å². The van der Waals surface area contributed by atoms with E-state index in [1.165, 1.54) is 44.9 Å². The van der Waals surface area contributed by atoms with E-state index in [1.807, 2.05) is 13.8 Å². The molecular weight excluding hydrogens is 340 g/mol. The summed E-state index contributed by atoms with van der Waals surface area (Å²) >= 11 is 0. The van der Waals surface area contributed by atoms with Gasteiger partial charge in [0.05, 0.1) is 19.3 Å². The molecule has 1 unspecified atom stereocenters. The quantitative estimate of drug-likeness (QED) is 0.218. The minimum absolute atomic E-state index is 0.0218. The van der Waals surface area contributed by atoms with Gasteiger partial charge in [-0.3, -0.25) is 4.79 Å². The van der Waals surface area contributed by atoms with E-state index in [0.717, 1.165) is 44.9 Å². The van der Waals surface area contributed by atoms with Gasteiger partial charge in [-0.25, -0.2) is 0 Å².